The van der Waals surface area contributed by atoms with E-state index in [0.29, 0.717) is 0 Å². The second-order valence-electron chi connectivity index (χ2n) is 2.54. The highest BCUT2D eigenvalue weighted by atomic mass is 19.4. The highest BCUT2D eigenvalue weighted by molar-refractivity contribution is 4.82. The Hall–Kier alpha value is -0.500. The molecule has 0 amide bonds. The topological polar surface area (TPSA) is 18.5 Å². The zero-order valence-electron chi connectivity index (χ0n) is 6.16. The fourth-order valence-electron chi connectivity index (χ4n) is 0.667. The maximum atomic E-state index is 12.6. The molecule has 1 aliphatic heterocycles. The van der Waals surface area contributed by atoms with Crippen LogP contribution in [0.2, 0.25) is 0 Å². The summed E-state index contributed by atoms with van der Waals surface area (Å²) in [6.45, 7) is 0.165. The Kier molecular flexibility index (Phi) is 2.04. The molecule has 8 heteroatoms. The lowest BCUT2D eigenvalue weighted by atomic mass is 10.3. The Morgan fingerprint density at radius 1 is 1.08 bits per heavy atom. The highest BCUT2D eigenvalue weighted by Gasteiger charge is 2.68. The molecule has 13 heavy (non-hydrogen) atoms. The van der Waals surface area contributed by atoms with Gasteiger partial charge in [-0.15, -0.1) is 0 Å². The van der Waals surface area contributed by atoms with E-state index < -0.39 is 24.4 Å². The van der Waals surface area contributed by atoms with Crippen molar-refractivity contribution < 1.29 is 35.8 Å². The third kappa shape index (κ3) is 1.73. The molecular weight excluding hydrogens is 206 g/mol. The van der Waals surface area contributed by atoms with Crippen LogP contribution in [0.4, 0.5) is 26.3 Å². The summed E-state index contributed by atoms with van der Waals surface area (Å²) in [4.78, 5) is 0. The van der Waals surface area contributed by atoms with Crippen LogP contribution < -0.4 is 0 Å². The molecule has 0 saturated carbocycles. The van der Waals surface area contributed by atoms with E-state index >= 15 is 0 Å². The van der Waals surface area contributed by atoms with E-state index in [9.17, 15) is 26.3 Å². The van der Waals surface area contributed by atoms with Crippen LogP contribution in [0.25, 0.3) is 0 Å². The first-order valence-electron chi connectivity index (χ1n) is 3.05. The average molecular weight is 210 g/mol. The van der Waals surface area contributed by atoms with Gasteiger partial charge in [-0.1, -0.05) is 0 Å². The molecule has 1 fully saturated rings. The molecule has 0 aliphatic carbocycles. The van der Waals surface area contributed by atoms with Crippen molar-refractivity contribution in [1.29, 1.82) is 0 Å². The Morgan fingerprint density at radius 2 is 1.54 bits per heavy atom. The summed E-state index contributed by atoms with van der Waals surface area (Å²) in [5.41, 5.74) is 0. The van der Waals surface area contributed by atoms with E-state index in [0.717, 1.165) is 0 Å². The predicted octanol–water partition coefficient (Wildman–Crippen LogP) is 2.20. The van der Waals surface area contributed by atoms with Crippen molar-refractivity contribution in [2.45, 2.75) is 31.4 Å². The van der Waals surface area contributed by atoms with Gasteiger partial charge in [0, 0.05) is 6.92 Å². The summed E-state index contributed by atoms with van der Waals surface area (Å²) in [6.07, 6.45) is -13.0. The van der Waals surface area contributed by atoms with Gasteiger partial charge in [-0.2, -0.15) is 22.0 Å². The quantitative estimate of drug-likeness (QED) is 0.570. The minimum absolute atomic E-state index is 0.165. The summed E-state index contributed by atoms with van der Waals surface area (Å²) in [6, 6.07) is 0. The normalized spacial score (nSPS) is 39.5. The van der Waals surface area contributed by atoms with E-state index in [4.69, 9.17) is 0 Å². The third-order valence-corrected chi connectivity index (χ3v) is 1.37. The molecule has 1 heterocycles. The van der Waals surface area contributed by atoms with Crippen LogP contribution in [-0.2, 0) is 9.47 Å². The van der Waals surface area contributed by atoms with Crippen molar-refractivity contribution in [3.63, 3.8) is 0 Å². The number of alkyl halides is 6. The van der Waals surface area contributed by atoms with Crippen LogP contribution in [0.15, 0.2) is 0 Å². The number of ether oxygens (including phenoxy) is 2. The monoisotopic (exact) mass is 210 g/mol. The maximum Gasteiger partial charge on any atom is 0.440 e. The Balaban J connectivity index is 2.83. The molecule has 2 atom stereocenters. The van der Waals surface area contributed by atoms with Crippen molar-refractivity contribution in [1.82, 2.24) is 0 Å². The lowest BCUT2D eigenvalue weighted by molar-refractivity contribution is -0.316. The summed E-state index contributed by atoms with van der Waals surface area (Å²) < 4.78 is 78.7. The molecule has 0 aromatic carbocycles. The van der Waals surface area contributed by atoms with Gasteiger partial charge in [0.1, 0.15) is 0 Å². The highest BCUT2D eigenvalue weighted by Crippen LogP contribution is 2.46. The zero-order chi connectivity index (χ0) is 10.5. The van der Waals surface area contributed by atoms with Crippen LogP contribution in [0, 0.1) is 0 Å². The lowest BCUT2D eigenvalue weighted by Gasteiger charge is -2.16. The van der Waals surface area contributed by atoms with Gasteiger partial charge in [-0.25, -0.2) is 4.39 Å². The van der Waals surface area contributed by atoms with Gasteiger partial charge in [0.05, 0.1) is 0 Å². The van der Waals surface area contributed by atoms with Gasteiger partial charge in [0.2, 0.25) is 0 Å². The molecule has 1 saturated heterocycles. The number of hydrogen-bond donors (Lipinski definition) is 0. The number of halogens is 6. The predicted molar refractivity (Wildman–Crippen MR) is 26.5 cm³/mol. The van der Waals surface area contributed by atoms with Crippen LogP contribution in [0.1, 0.15) is 6.92 Å². The first kappa shape index (κ1) is 10.6. The van der Waals surface area contributed by atoms with E-state index in [2.05, 4.69) is 9.47 Å². The fourth-order valence-corrected chi connectivity index (χ4v) is 0.667. The van der Waals surface area contributed by atoms with E-state index in [1.807, 2.05) is 0 Å². The molecule has 0 aromatic heterocycles. The zero-order valence-corrected chi connectivity index (χ0v) is 6.16. The smallest absolute Gasteiger partial charge is 0.300 e. The molecule has 0 aromatic rings. The van der Waals surface area contributed by atoms with Gasteiger partial charge in [0.15, 0.2) is 0 Å². The van der Waals surface area contributed by atoms with Crippen LogP contribution >= 0.6 is 0 Å². The summed E-state index contributed by atoms with van der Waals surface area (Å²) in [7, 11) is 0. The van der Waals surface area contributed by atoms with Crippen molar-refractivity contribution >= 4 is 0 Å². The Morgan fingerprint density at radius 3 is 1.69 bits per heavy atom. The largest absolute Gasteiger partial charge is 0.440 e. The summed E-state index contributed by atoms with van der Waals surface area (Å²) in [5, 5.41) is 0. The van der Waals surface area contributed by atoms with Crippen molar-refractivity contribution in [3.8, 4) is 0 Å². The van der Waals surface area contributed by atoms with Gasteiger partial charge in [-0.05, 0) is 0 Å². The van der Waals surface area contributed by atoms with Gasteiger partial charge in [0.25, 0.3) is 6.29 Å². The SMILES string of the molecule is CC1(F)OC(C(F)(F)F)OC1(F)F. The van der Waals surface area contributed by atoms with Crippen molar-refractivity contribution in [2.24, 2.45) is 0 Å². The van der Waals surface area contributed by atoms with Gasteiger partial charge < -0.3 is 4.74 Å². The van der Waals surface area contributed by atoms with Gasteiger partial charge >= 0.3 is 18.1 Å². The second-order valence-corrected chi connectivity index (χ2v) is 2.54. The Bertz CT molecular complexity index is 194. The first-order valence-corrected chi connectivity index (χ1v) is 3.05. The first-order chi connectivity index (χ1) is 5.56. The molecule has 0 bridgehead atoms. The molecule has 2 unspecified atom stereocenters. The fraction of sp³-hybridized carbons (Fsp3) is 1.00. The van der Waals surface area contributed by atoms with E-state index in [1.54, 1.807) is 0 Å². The molecule has 0 spiro atoms. The molecule has 1 rings (SSSR count). The summed E-state index contributed by atoms with van der Waals surface area (Å²) in [5.74, 6) is -3.76. The number of rotatable bonds is 0. The lowest BCUT2D eigenvalue weighted by Crippen LogP contribution is -2.37. The van der Waals surface area contributed by atoms with Crippen molar-refractivity contribution in [2.75, 3.05) is 0 Å². The molecule has 78 valence electrons. The maximum absolute atomic E-state index is 12.6. The third-order valence-electron chi connectivity index (χ3n) is 1.37. The molecule has 1 aliphatic rings. The van der Waals surface area contributed by atoms with Crippen LogP contribution in [0.5, 0.6) is 0 Å². The Labute approximate surface area is 68.4 Å². The minimum atomic E-state index is -5.17. The van der Waals surface area contributed by atoms with Gasteiger partial charge in [-0.3, -0.25) is 4.74 Å². The molecule has 2 nitrogen and oxygen atoms in total. The molecule has 0 N–H and O–H groups in total. The molecule has 0 radical (unpaired) electrons. The standard InChI is InChI=1S/C5H4F6O2/c1-3(6)5(10,11)13-2(12-3)4(7,8)9/h2H,1H3. The molecular formula is C5H4F6O2. The van der Waals surface area contributed by atoms with E-state index in [1.165, 1.54) is 0 Å². The number of hydrogen-bond acceptors (Lipinski definition) is 2. The van der Waals surface area contributed by atoms with Crippen LogP contribution in [0.3, 0.4) is 0 Å². The average Bonchev–Trinajstić information content (AvgIpc) is 2.00. The van der Waals surface area contributed by atoms with Crippen molar-refractivity contribution in [3.05, 3.63) is 0 Å². The summed E-state index contributed by atoms with van der Waals surface area (Å²) >= 11 is 0. The second kappa shape index (κ2) is 2.50. The van der Waals surface area contributed by atoms with E-state index in [-0.39, 0.29) is 6.92 Å². The van der Waals surface area contributed by atoms with Crippen LogP contribution in [-0.4, -0.2) is 24.4 Å². The minimum Gasteiger partial charge on any atom is -0.300 e.